The highest BCUT2D eigenvalue weighted by atomic mass is 19.1. The van der Waals surface area contributed by atoms with E-state index in [4.69, 9.17) is 4.98 Å². The predicted molar refractivity (Wildman–Crippen MR) is 88.4 cm³/mol. The molecule has 0 radical (unpaired) electrons. The van der Waals surface area contributed by atoms with Gasteiger partial charge in [0.25, 0.3) is 0 Å². The first-order chi connectivity index (χ1) is 10.6. The first-order valence-electron chi connectivity index (χ1n) is 7.26. The van der Waals surface area contributed by atoms with E-state index in [1.165, 1.54) is 17.7 Å². The number of para-hydroxylation sites is 1. The molecule has 3 heteroatoms. The lowest BCUT2D eigenvalue weighted by atomic mass is 10.1. The van der Waals surface area contributed by atoms with Gasteiger partial charge < -0.3 is 4.57 Å². The highest BCUT2D eigenvalue weighted by Crippen LogP contribution is 2.33. The van der Waals surface area contributed by atoms with E-state index in [2.05, 4.69) is 23.6 Å². The van der Waals surface area contributed by atoms with Crippen molar-refractivity contribution in [3.8, 4) is 11.3 Å². The van der Waals surface area contributed by atoms with Crippen LogP contribution in [-0.4, -0.2) is 9.55 Å². The van der Waals surface area contributed by atoms with Crippen molar-refractivity contribution in [2.24, 2.45) is 7.05 Å². The second-order valence-corrected chi connectivity index (χ2v) is 5.59. The molecular formula is C19H15FN2. The van der Waals surface area contributed by atoms with Crippen molar-refractivity contribution < 1.29 is 4.39 Å². The monoisotopic (exact) mass is 290 g/mol. The standard InChI is InChI=1S/C19H15FN2/c1-12-16-11-14-5-3-4-6-17(14)21-19(16)22(2)18(12)13-7-9-15(20)10-8-13/h3-11H,1-2H3. The van der Waals surface area contributed by atoms with Crippen LogP contribution >= 0.6 is 0 Å². The lowest BCUT2D eigenvalue weighted by Gasteiger charge is -2.05. The molecule has 0 amide bonds. The van der Waals surface area contributed by atoms with Gasteiger partial charge in [0, 0.05) is 17.8 Å². The fourth-order valence-electron chi connectivity index (χ4n) is 3.14. The molecule has 2 aromatic heterocycles. The maximum atomic E-state index is 13.2. The molecule has 0 aliphatic heterocycles. The molecule has 0 unspecified atom stereocenters. The molecule has 4 aromatic rings. The molecule has 0 aliphatic rings. The van der Waals surface area contributed by atoms with E-state index in [9.17, 15) is 4.39 Å². The summed E-state index contributed by atoms with van der Waals surface area (Å²) < 4.78 is 15.3. The van der Waals surface area contributed by atoms with Crippen molar-refractivity contribution in [1.82, 2.24) is 9.55 Å². The molecule has 0 N–H and O–H groups in total. The van der Waals surface area contributed by atoms with E-state index in [0.29, 0.717) is 0 Å². The second kappa shape index (κ2) is 4.67. The van der Waals surface area contributed by atoms with Gasteiger partial charge in [-0.3, -0.25) is 0 Å². The van der Waals surface area contributed by atoms with Gasteiger partial charge in [0.1, 0.15) is 11.5 Å². The zero-order valence-corrected chi connectivity index (χ0v) is 12.5. The van der Waals surface area contributed by atoms with Crippen LogP contribution in [0.2, 0.25) is 0 Å². The Kier molecular flexibility index (Phi) is 2.76. The molecule has 4 rings (SSSR count). The minimum Gasteiger partial charge on any atom is -0.328 e. The van der Waals surface area contributed by atoms with Crippen molar-refractivity contribution in [3.63, 3.8) is 0 Å². The Hall–Kier alpha value is -2.68. The molecule has 2 nitrogen and oxygen atoms in total. The summed E-state index contributed by atoms with van der Waals surface area (Å²) in [7, 11) is 2.01. The summed E-state index contributed by atoms with van der Waals surface area (Å²) >= 11 is 0. The minimum atomic E-state index is -0.218. The number of fused-ring (bicyclic) bond motifs is 2. The molecule has 2 aromatic carbocycles. The van der Waals surface area contributed by atoms with E-state index >= 15 is 0 Å². The number of nitrogens with zero attached hydrogens (tertiary/aromatic N) is 2. The zero-order valence-electron chi connectivity index (χ0n) is 12.5. The summed E-state index contributed by atoms with van der Waals surface area (Å²) in [5, 5.41) is 2.27. The number of aryl methyl sites for hydroxylation is 2. The zero-order chi connectivity index (χ0) is 15.3. The lowest BCUT2D eigenvalue weighted by molar-refractivity contribution is 0.628. The summed E-state index contributed by atoms with van der Waals surface area (Å²) in [5.74, 6) is -0.218. The number of rotatable bonds is 1. The predicted octanol–water partition coefficient (Wildman–Crippen LogP) is 4.84. The van der Waals surface area contributed by atoms with Crippen molar-refractivity contribution in [3.05, 3.63) is 66.0 Å². The Bertz CT molecular complexity index is 939. The molecule has 0 fully saturated rings. The van der Waals surface area contributed by atoms with Gasteiger partial charge >= 0.3 is 0 Å². The number of aromatic nitrogens is 2. The van der Waals surface area contributed by atoms with Crippen LogP contribution in [0.4, 0.5) is 4.39 Å². The summed E-state index contributed by atoms with van der Waals surface area (Å²) in [6.45, 7) is 2.09. The van der Waals surface area contributed by atoms with Crippen LogP contribution in [-0.2, 0) is 7.05 Å². The molecule has 0 bridgehead atoms. The van der Waals surface area contributed by atoms with Gasteiger partial charge in [-0.2, -0.15) is 0 Å². The van der Waals surface area contributed by atoms with Crippen LogP contribution in [0.1, 0.15) is 5.56 Å². The van der Waals surface area contributed by atoms with Crippen LogP contribution < -0.4 is 0 Å². The SMILES string of the molecule is Cc1c(-c2ccc(F)cc2)n(C)c2nc3ccccc3cc12. The van der Waals surface area contributed by atoms with E-state index in [0.717, 1.165) is 33.2 Å². The second-order valence-electron chi connectivity index (χ2n) is 5.59. The maximum absolute atomic E-state index is 13.2. The molecule has 0 atom stereocenters. The highest BCUT2D eigenvalue weighted by molar-refractivity contribution is 5.97. The molecular weight excluding hydrogens is 275 g/mol. The average Bonchev–Trinajstić information content (AvgIpc) is 2.78. The lowest BCUT2D eigenvalue weighted by Crippen LogP contribution is -1.94. The topological polar surface area (TPSA) is 17.8 Å². The molecule has 0 aliphatic carbocycles. The van der Waals surface area contributed by atoms with Gasteiger partial charge in [0.05, 0.1) is 11.2 Å². The Balaban J connectivity index is 2.07. The Morgan fingerprint density at radius 2 is 1.73 bits per heavy atom. The molecule has 22 heavy (non-hydrogen) atoms. The summed E-state index contributed by atoms with van der Waals surface area (Å²) in [6.07, 6.45) is 0. The molecule has 0 saturated carbocycles. The van der Waals surface area contributed by atoms with Crippen LogP contribution in [0, 0.1) is 12.7 Å². The first-order valence-corrected chi connectivity index (χ1v) is 7.26. The average molecular weight is 290 g/mol. The number of halogens is 1. The number of hydrogen-bond donors (Lipinski definition) is 0. The van der Waals surface area contributed by atoms with Crippen LogP contribution in [0.3, 0.4) is 0 Å². The van der Waals surface area contributed by atoms with Crippen LogP contribution in [0.15, 0.2) is 54.6 Å². The normalized spacial score (nSPS) is 11.4. The third-order valence-electron chi connectivity index (χ3n) is 4.23. The number of hydrogen-bond acceptors (Lipinski definition) is 1. The van der Waals surface area contributed by atoms with Gasteiger partial charge in [-0.25, -0.2) is 9.37 Å². The number of benzene rings is 2. The van der Waals surface area contributed by atoms with E-state index in [1.54, 1.807) is 0 Å². The number of pyridine rings is 1. The van der Waals surface area contributed by atoms with Gasteiger partial charge in [-0.15, -0.1) is 0 Å². The van der Waals surface area contributed by atoms with Crippen molar-refractivity contribution in [1.29, 1.82) is 0 Å². The summed E-state index contributed by atoms with van der Waals surface area (Å²) in [4.78, 5) is 4.79. The minimum absolute atomic E-state index is 0.218. The fourth-order valence-corrected chi connectivity index (χ4v) is 3.14. The highest BCUT2D eigenvalue weighted by Gasteiger charge is 2.15. The van der Waals surface area contributed by atoms with E-state index in [1.807, 2.05) is 37.4 Å². The maximum Gasteiger partial charge on any atom is 0.141 e. The van der Waals surface area contributed by atoms with Crippen LogP contribution in [0.25, 0.3) is 33.2 Å². The summed E-state index contributed by atoms with van der Waals surface area (Å²) in [6, 6.07) is 16.9. The van der Waals surface area contributed by atoms with Crippen molar-refractivity contribution in [2.75, 3.05) is 0 Å². The molecule has 108 valence electrons. The molecule has 2 heterocycles. The largest absolute Gasteiger partial charge is 0.328 e. The van der Waals surface area contributed by atoms with Crippen LogP contribution in [0.5, 0.6) is 0 Å². The molecule has 0 spiro atoms. The molecule has 0 saturated heterocycles. The fraction of sp³-hybridized carbons (Fsp3) is 0.105. The van der Waals surface area contributed by atoms with E-state index < -0.39 is 0 Å². The Morgan fingerprint density at radius 3 is 2.50 bits per heavy atom. The first kappa shape index (κ1) is 13.0. The van der Waals surface area contributed by atoms with Crippen molar-refractivity contribution >= 4 is 21.9 Å². The summed E-state index contributed by atoms with van der Waals surface area (Å²) in [5.41, 5.74) is 5.19. The van der Waals surface area contributed by atoms with E-state index in [-0.39, 0.29) is 5.82 Å². The third kappa shape index (κ3) is 1.82. The van der Waals surface area contributed by atoms with Gasteiger partial charge in [-0.05, 0) is 54.4 Å². The smallest absolute Gasteiger partial charge is 0.141 e. The van der Waals surface area contributed by atoms with Crippen molar-refractivity contribution in [2.45, 2.75) is 6.92 Å². The van der Waals surface area contributed by atoms with Gasteiger partial charge in [0.15, 0.2) is 0 Å². The quantitative estimate of drug-likeness (QED) is 0.490. The van der Waals surface area contributed by atoms with Gasteiger partial charge in [0.2, 0.25) is 0 Å². The van der Waals surface area contributed by atoms with Gasteiger partial charge in [-0.1, -0.05) is 18.2 Å². The Labute approximate surface area is 127 Å². The Morgan fingerprint density at radius 1 is 1.00 bits per heavy atom. The third-order valence-corrected chi connectivity index (χ3v) is 4.23.